The number of ether oxygens (including phenoxy) is 4. The Morgan fingerprint density at radius 1 is 1.39 bits per heavy atom. The fourth-order valence-corrected chi connectivity index (χ4v) is 3.35. The van der Waals surface area contributed by atoms with Gasteiger partial charge in [-0.05, 0) is 13.0 Å². The zero-order valence-corrected chi connectivity index (χ0v) is 16.6. The van der Waals surface area contributed by atoms with Gasteiger partial charge in [0.2, 0.25) is 5.79 Å². The molecule has 1 rings (SSSR count). The molecule has 136 valence electrons. The lowest BCUT2D eigenvalue weighted by Gasteiger charge is -2.46. The minimum Gasteiger partial charge on any atom is -0.393 e. The maximum Gasteiger partial charge on any atom is 0.200 e. The molecule has 1 N–H and O–H groups in total. The van der Waals surface area contributed by atoms with Crippen LogP contribution in [0.4, 0.5) is 0 Å². The summed E-state index contributed by atoms with van der Waals surface area (Å²) in [4.78, 5) is 0. The molecule has 6 heteroatoms. The highest BCUT2D eigenvalue weighted by atomic mass is 28.3. The van der Waals surface area contributed by atoms with Crippen LogP contribution in [-0.4, -0.2) is 58.3 Å². The number of hydrogen-bond acceptors (Lipinski definition) is 5. The molecule has 0 amide bonds. The second-order valence-corrected chi connectivity index (χ2v) is 13.3. The first kappa shape index (κ1) is 20.8. The Morgan fingerprint density at radius 2 is 2.04 bits per heavy atom. The van der Waals surface area contributed by atoms with Gasteiger partial charge in [0.25, 0.3) is 0 Å². The van der Waals surface area contributed by atoms with Crippen molar-refractivity contribution in [2.45, 2.75) is 63.9 Å². The summed E-state index contributed by atoms with van der Waals surface area (Å²) in [5.74, 6) is -0.745. The quantitative estimate of drug-likeness (QED) is 0.301. The van der Waals surface area contributed by atoms with Gasteiger partial charge in [0.15, 0.2) is 0 Å². The van der Waals surface area contributed by atoms with Crippen molar-refractivity contribution in [2.24, 2.45) is 5.92 Å². The van der Waals surface area contributed by atoms with E-state index in [0.29, 0.717) is 13.0 Å². The first-order valence-corrected chi connectivity index (χ1v) is 12.1. The van der Waals surface area contributed by atoms with Gasteiger partial charge in [-0.3, -0.25) is 0 Å². The summed E-state index contributed by atoms with van der Waals surface area (Å²) < 4.78 is 23.0. The predicted molar refractivity (Wildman–Crippen MR) is 94.1 cm³/mol. The van der Waals surface area contributed by atoms with Crippen molar-refractivity contribution in [1.29, 1.82) is 0 Å². The molecule has 4 atom stereocenters. The molecule has 0 saturated carbocycles. The van der Waals surface area contributed by atoms with E-state index in [9.17, 15) is 5.11 Å². The molecule has 0 aromatic carbocycles. The third-order valence-corrected chi connectivity index (χ3v) is 6.26. The molecule has 1 saturated heterocycles. The molecule has 23 heavy (non-hydrogen) atoms. The van der Waals surface area contributed by atoms with Crippen LogP contribution in [0.15, 0.2) is 12.2 Å². The number of rotatable bonds is 9. The largest absolute Gasteiger partial charge is 0.393 e. The molecule has 0 radical (unpaired) electrons. The molecule has 0 unspecified atom stereocenters. The maximum atomic E-state index is 9.74. The Hall–Kier alpha value is -0.243. The summed E-state index contributed by atoms with van der Waals surface area (Å²) in [6, 6.07) is 1.08. The van der Waals surface area contributed by atoms with Crippen LogP contribution in [0.5, 0.6) is 0 Å². The van der Waals surface area contributed by atoms with E-state index < -0.39 is 20.0 Å². The van der Waals surface area contributed by atoms with E-state index in [0.717, 1.165) is 11.6 Å². The van der Waals surface area contributed by atoms with Crippen LogP contribution in [0.1, 0.15) is 20.3 Å². The summed E-state index contributed by atoms with van der Waals surface area (Å²) in [7, 11) is 0.464. The average molecular weight is 347 g/mol. The van der Waals surface area contributed by atoms with Gasteiger partial charge in [0.1, 0.15) is 12.9 Å². The molecule has 0 aromatic rings. The van der Waals surface area contributed by atoms with Crippen LogP contribution in [0.2, 0.25) is 25.7 Å². The van der Waals surface area contributed by atoms with Crippen molar-refractivity contribution in [1.82, 2.24) is 0 Å². The maximum absolute atomic E-state index is 9.74. The molecule has 0 spiro atoms. The van der Waals surface area contributed by atoms with E-state index in [1.165, 1.54) is 0 Å². The second kappa shape index (κ2) is 8.74. The highest BCUT2D eigenvalue weighted by molar-refractivity contribution is 6.76. The van der Waals surface area contributed by atoms with Crippen LogP contribution in [0.25, 0.3) is 0 Å². The van der Waals surface area contributed by atoms with E-state index in [1.807, 2.05) is 6.92 Å². The van der Waals surface area contributed by atoms with Gasteiger partial charge >= 0.3 is 0 Å². The van der Waals surface area contributed by atoms with E-state index in [-0.39, 0.29) is 25.4 Å². The topological polar surface area (TPSA) is 57.2 Å². The molecular weight excluding hydrogens is 312 g/mol. The standard InChI is InChI=1S/C17H34O5Si/c1-13-10-17(19-4,22-15(3)14(13)2)16(11-18)21-12-20-8-9-23(5,6)7/h14-16,18H,1,8-12H2,2-7H3/t14-,15-,16-,17-/m1/s1. The molecule has 0 bridgehead atoms. The summed E-state index contributed by atoms with van der Waals surface area (Å²) in [6.45, 7) is 15.7. The monoisotopic (exact) mass is 346 g/mol. The van der Waals surface area contributed by atoms with Crippen molar-refractivity contribution in [2.75, 3.05) is 27.1 Å². The fraction of sp³-hybridized carbons (Fsp3) is 0.882. The minimum atomic E-state index is -1.11. The van der Waals surface area contributed by atoms with Crippen molar-refractivity contribution in [3.8, 4) is 0 Å². The van der Waals surface area contributed by atoms with E-state index in [2.05, 4.69) is 33.1 Å². The summed E-state index contributed by atoms with van der Waals surface area (Å²) in [5, 5.41) is 9.74. The number of aliphatic hydroxyl groups excluding tert-OH is 1. The average Bonchev–Trinajstić information content (AvgIpc) is 2.47. The summed E-state index contributed by atoms with van der Waals surface area (Å²) in [6.07, 6.45) is -0.137. The fourth-order valence-electron chi connectivity index (χ4n) is 2.60. The highest BCUT2D eigenvalue weighted by Crippen LogP contribution is 2.39. The smallest absolute Gasteiger partial charge is 0.200 e. The van der Waals surface area contributed by atoms with Crippen molar-refractivity contribution in [3.05, 3.63) is 12.2 Å². The first-order chi connectivity index (χ1) is 10.6. The number of aliphatic hydroxyl groups is 1. The van der Waals surface area contributed by atoms with Crippen molar-refractivity contribution in [3.63, 3.8) is 0 Å². The van der Waals surface area contributed by atoms with Gasteiger partial charge in [0.05, 0.1) is 12.7 Å². The normalized spacial score (nSPS) is 30.5. The van der Waals surface area contributed by atoms with E-state index in [1.54, 1.807) is 7.11 Å². The van der Waals surface area contributed by atoms with Crippen LogP contribution in [-0.2, 0) is 18.9 Å². The lowest BCUT2D eigenvalue weighted by atomic mass is 9.86. The van der Waals surface area contributed by atoms with Crippen LogP contribution < -0.4 is 0 Å². The van der Waals surface area contributed by atoms with Gasteiger partial charge in [-0.15, -0.1) is 0 Å². The number of hydrogen-bond donors (Lipinski definition) is 1. The molecule has 1 heterocycles. The molecule has 1 fully saturated rings. The third kappa shape index (κ3) is 5.96. The molecule has 5 nitrogen and oxygen atoms in total. The number of methoxy groups -OCH3 is 1. The predicted octanol–water partition coefficient (Wildman–Crippen LogP) is 3.02. The van der Waals surface area contributed by atoms with Crippen LogP contribution in [0, 0.1) is 5.92 Å². The van der Waals surface area contributed by atoms with Crippen molar-refractivity contribution >= 4 is 8.07 Å². The Labute approximate surface area is 142 Å². The minimum absolute atomic E-state index is 0.0401. The summed E-state index contributed by atoms with van der Waals surface area (Å²) >= 11 is 0. The van der Waals surface area contributed by atoms with Gasteiger partial charge in [0, 0.05) is 34.1 Å². The van der Waals surface area contributed by atoms with Gasteiger partial charge in [-0.2, -0.15) is 0 Å². The van der Waals surface area contributed by atoms with Crippen LogP contribution in [0.3, 0.4) is 0 Å². The zero-order chi connectivity index (χ0) is 17.7. The van der Waals surface area contributed by atoms with Gasteiger partial charge < -0.3 is 24.1 Å². The molecular formula is C17H34O5Si. The summed E-state index contributed by atoms with van der Waals surface area (Å²) in [5.41, 5.74) is 1.05. The Bertz CT molecular complexity index is 382. The van der Waals surface area contributed by atoms with Crippen molar-refractivity contribution < 1.29 is 24.1 Å². The van der Waals surface area contributed by atoms with Crippen LogP contribution >= 0.6 is 0 Å². The molecule has 1 aliphatic rings. The van der Waals surface area contributed by atoms with Gasteiger partial charge in [-0.25, -0.2) is 0 Å². The lowest BCUT2D eigenvalue weighted by molar-refractivity contribution is -0.324. The van der Waals surface area contributed by atoms with Gasteiger partial charge in [-0.1, -0.05) is 38.7 Å². The van der Waals surface area contributed by atoms with E-state index >= 15 is 0 Å². The molecule has 1 aliphatic heterocycles. The molecule has 0 aliphatic carbocycles. The zero-order valence-electron chi connectivity index (χ0n) is 15.6. The third-order valence-electron chi connectivity index (χ3n) is 4.56. The Morgan fingerprint density at radius 3 is 2.52 bits per heavy atom. The lowest BCUT2D eigenvalue weighted by Crippen LogP contribution is -2.55. The Balaban J connectivity index is 2.58. The van der Waals surface area contributed by atoms with E-state index in [4.69, 9.17) is 18.9 Å². The SMILES string of the molecule is C=C1C[C@](OC)([C@@H](CO)OCOCC[Si](C)(C)C)O[C@H](C)[C@@H]1C. The first-order valence-electron chi connectivity index (χ1n) is 8.36. The molecule has 0 aromatic heterocycles. The highest BCUT2D eigenvalue weighted by Gasteiger charge is 2.47. The second-order valence-electron chi connectivity index (χ2n) is 7.64. The Kier molecular flexibility index (Phi) is 7.90.